The molecule has 6 heteroatoms. The van der Waals surface area contributed by atoms with E-state index in [1.165, 1.54) is 5.57 Å². The molecule has 1 aliphatic carbocycles. The minimum Gasteiger partial charge on any atom is -0.352 e. The normalized spacial score (nSPS) is 21.0. The first kappa shape index (κ1) is 21.6. The Hall–Kier alpha value is -1.66. The Morgan fingerprint density at radius 3 is 2.33 bits per heavy atom. The van der Waals surface area contributed by atoms with E-state index in [1.54, 1.807) is 19.9 Å². The molecule has 5 nitrogen and oxygen atoms in total. The second-order valence-corrected chi connectivity index (χ2v) is 10.3. The molecule has 1 aliphatic rings. The van der Waals surface area contributed by atoms with E-state index >= 15 is 0 Å². The van der Waals surface area contributed by atoms with Gasteiger partial charge in [0.1, 0.15) is 0 Å². The molecule has 150 valence electrons. The van der Waals surface area contributed by atoms with Gasteiger partial charge < -0.3 is 5.32 Å². The lowest BCUT2D eigenvalue weighted by Gasteiger charge is -2.13. The predicted molar refractivity (Wildman–Crippen MR) is 109 cm³/mol. The van der Waals surface area contributed by atoms with Crippen LogP contribution >= 0.6 is 0 Å². The Morgan fingerprint density at radius 2 is 1.78 bits per heavy atom. The summed E-state index contributed by atoms with van der Waals surface area (Å²) in [7, 11) is -3.41. The van der Waals surface area contributed by atoms with Gasteiger partial charge >= 0.3 is 0 Å². The van der Waals surface area contributed by atoms with Gasteiger partial charge in [-0.25, -0.2) is 13.1 Å². The van der Waals surface area contributed by atoms with Crippen molar-refractivity contribution in [3.63, 3.8) is 0 Å². The van der Waals surface area contributed by atoms with E-state index in [9.17, 15) is 13.2 Å². The van der Waals surface area contributed by atoms with E-state index in [-0.39, 0.29) is 35.0 Å². The highest BCUT2D eigenvalue weighted by Crippen LogP contribution is 2.59. The van der Waals surface area contributed by atoms with Crippen molar-refractivity contribution in [1.29, 1.82) is 0 Å². The lowest BCUT2D eigenvalue weighted by atomic mass is 10.1. The largest absolute Gasteiger partial charge is 0.352 e. The molecule has 0 saturated heterocycles. The van der Waals surface area contributed by atoms with E-state index in [1.807, 2.05) is 32.0 Å². The first-order valence-electron chi connectivity index (χ1n) is 9.43. The second-order valence-electron chi connectivity index (χ2n) is 8.59. The van der Waals surface area contributed by atoms with Crippen LogP contribution in [-0.2, 0) is 27.1 Å². The van der Waals surface area contributed by atoms with Crippen molar-refractivity contribution in [2.45, 2.75) is 59.9 Å². The lowest BCUT2D eigenvalue weighted by Crippen LogP contribution is -2.32. The van der Waals surface area contributed by atoms with Gasteiger partial charge in [0.2, 0.25) is 15.9 Å². The minimum atomic E-state index is -3.41. The molecule has 0 aromatic heterocycles. The maximum atomic E-state index is 12.7. The third-order valence-corrected chi connectivity index (χ3v) is 6.56. The van der Waals surface area contributed by atoms with Gasteiger partial charge in [0.25, 0.3) is 0 Å². The van der Waals surface area contributed by atoms with E-state index in [4.69, 9.17) is 0 Å². The monoisotopic (exact) mass is 392 g/mol. The Morgan fingerprint density at radius 1 is 1.19 bits per heavy atom. The summed E-state index contributed by atoms with van der Waals surface area (Å²) in [6.45, 7) is 12.2. The van der Waals surface area contributed by atoms with Crippen LogP contribution in [0, 0.1) is 17.3 Å². The zero-order valence-electron chi connectivity index (χ0n) is 17.2. The molecule has 1 aromatic carbocycles. The Bertz CT molecular complexity index is 822. The number of carbonyl (C=O) groups is 1. The molecule has 0 spiro atoms. The molecule has 0 aliphatic heterocycles. The molecule has 2 N–H and O–H groups in total. The van der Waals surface area contributed by atoms with Crippen molar-refractivity contribution in [3.05, 3.63) is 47.0 Å². The summed E-state index contributed by atoms with van der Waals surface area (Å²) in [4.78, 5) is 12.7. The quantitative estimate of drug-likeness (QED) is 0.666. The standard InChI is InChI=1S/C21H32N2O3S/c1-14(2)11-18-19(21(18,5)6)20(24)22-12-16-9-7-8-10-17(16)13-27(25,26)23-15(3)4/h7-11,15,18-19,23H,12-13H2,1-6H3,(H,22,24). The number of rotatable bonds is 8. The van der Waals surface area contributed by atoms with Gasteiger partial charge in [-0.05, 0) is 50.2 Å². The van der Waals surface area contributed by atoms with Crippen molar-refractivity contribution in [3.8, 4) is 0 Å². The second kappa shape index (κ2) is 8.15. The van der Waals surface area contributed by atoms with Crippen molar-refractivity contribution in [1.82, 2.24) is 10.0 Å². The highest BCUT2D eigenvalue weighted by molar-refractivity contribution is 7.88. The lowest BCUT2D eigenvalue weighted by molar-refractivity contribution is -0.123. The van der Waals surface area contributed by atoms with E-state index in [2.05, 4.69) is 30.0 Å². The van der Waals surface area contributed by atoms with Crippen molar-refractivity contribution >= 4 is 15.9 Å². The van der Waals surface area contributed by atoms with Crippen molar-refractivity contribution < 1.29 is 13.2 Å². The van der Waals surface area contributed by atoms with Crippen LogP contribution in [0.4, 0.5) is 0 Å². The molecule has 27 heavy (non-hydrogen) atoms. The highest BCUT2D eigenvalue weighted by Gasteiger charge is 2.60. The van der Waals surface area contributed by atoms with Crippen LogP contribution in [-0.4, -0.2) is 20.4 Å². The molecule has 0 bridgehead atoms. The van der Waals surface area contributed by atoms with Gasteiger partial charge in [-0.2, -0.15) is 0 Å². The fraction of sp³-hybridized carbons (Fsp3) is 0.571. The summed E-state index contributed by atoms with van der Waals surface area (Å²) in [6.07, 6.45) is 2.17. The summed E-state index contributed by atoms with van der Waals surface area (Å²) in [5.41, 5.74) is 2.72. The number of hydrogen-bond donors (Lipinski definition) is 2. The predicted octanol–water partition coefficient (Wildman–Crippen LogP) is 3.37. The van der Waals surface area contributed by atoms with E-state index in [0.29, 0.717) is 12.1 Å². The molecule has 2 atom stereocenters. The van der Waals surface area contributed by atoms with Crippen LogP contribution < -0.4 is 10.0 Å². The molecule has 1 saturated carbocycles. The summed E-state index contributed by atoms with van der Waals surface area (Å²) >= 11 is 0. The maximum absolute atomic E-state index is 12.7. The molecule has 2 unspecified atom stereocenters. The van der Waals surface area contributed by atoms with Gasteiger partial charge in [0.05, 0.1) is 11.7 Å². The number of amides is 1. The SMILES string of the molecule is CC(C)=CC1C(C(=O)NCc2ccccc2CS(=O)(=O)NC(C)C)C1(C)C. The van der Waals surface area contributed by atoms with Crippen molar-refractivity contribution in [2.75, 3.05) is 0 Å². The topological polar surface area (TPSA) is 75.3 Å². The number of sulfonamides is 1. The van der Waals surface area contributed by atoms with Gasteiger partial charge in [0, 0.05) is 12.6 Å². The third-order valence-electron chi connectivity index (χ3n) is 5.04. The highest BCUT2D eigenvalue weighted by atomic mass is 32.2. The smallest absolute Gasteiger partial charge is 0.224 e. The van der Waals surface area contributed by atoms with E-state index in [0.717, 1.165) is 5.56 Å². The third kappa shape index (κ3) is 5.66. The zero-order valence-corrected chi connectivity index (χ0v) is 18.0. The van der Waals surface area contributed by atoms with Gasteiger partial charge in [-0.1, -0.05) is 49.8 Å². The molecular formula is C21H32N2O3S. The van der Waals surface area contributed by atoms with Crippen LogP contribution in [0.2, 0.25) is 0 Å². The van der Waals surface area contributed by atoms with Crippen LogP contribution in [0.25, 0.3) is 0 Å². The Labute approximate surface area is 163 Å². The summed E-state index contributed by atoms with van der Waals surface area (Å²) < 4.78 is 27.1. The van der Waals surface area contributed by atoms with Crippen LogP contribution in [0.3, 0.4) is 0 Å². The molecule has 1 aromatic rings. The summed E-state index contributed by atoms with van der Waals surface area (Å²) in [5.74, 6) is 0.159. The van der Waals surface area contributed by atoms with Gasteiger partial charge in [0.15, 0.2) is 0 Å². The van der Waals surface area contributed by atoms with Gasteiger partial charge in [-0.15, -0.1) is 0 Å². The van der Waals surface area contributed by atoms with Crippen molar-refractivity contribution in [2.24, 2.45) is 17.3 Å². The average Bonchev–Trinajstić information content (AvgIpc) is 3.04. The average molecular weight is 393 g/mol. The molecule has 0 radical (unpaired) electrons. The van der Waals surface area contributed by atoms with Crippen LogP contribution in [0.5, 0.6) is 0 Å². The fourth-order valence-electron chi connectivity index (χ4n) is 3.62. The molecular weight excluding hydrogens is 360 g/mol. The number of benzene rings is 1. The first-order chi connectivity index (χ1) is 12.4. The maximum Gasteiger partial charge on any atom is 0.224 e. The number of carbonyl (C=O) groups excluding carboxylic acids is 1. The Balaban J connectivity index is 2.05. The summed E-state index contributed by atoms with van der Waals surface area (Å²) in [6, 6.07) is 7.20. The zero-order chi connectivity index (χ0) is 20.4. The molecule has 0 heterocycles. The number of nitrogens with one attached hydrogen (secondary N) is 2. The van der Waals surface area contributed by atoms with Crippen LogP contribution in [0.15, 0.2) is 35.9 Å². The Kier molecular flexibility index (Phi) is 6.53. The van der Waals surface area contributed by atoms with Crippen LogP contribution in [0.1, 0.15) is 52.7 Å². The number of hydrogen-bond acceptors (Lipinski definition) is 3. The first-order valence-corrected chi connectivity index (χ1v) is 11.1. The fourth-order valence-corrected chi connectivity index (χ4v) is 5.11. The number of allylic oxidation sites excluding steroid dienone is 2. The minimum absolute atomic E-state index is 0.0282. The molecule has 2 rings (SSSR count). The van der Waals surface area contributed by atoms with E-state index < -0.39 is 10.0 Å². The summed E-state index contributed by atoms with van der Waals surface area (Å²) in [5, 5.41) is 3.00. The van der Waals surface area contributed by atoms with Gasteiger partial charge in [-0.3, -0.25) is 4.79 Å². The molecule has 1 fully saturated rings. The molecule has 1 amide bonds.